The Morgan fingerprint density at radius 3 is 2.31 bits per heavy atom. The summed E-state index contributed by atoms with van der Waals surface area (Å²) in [5.41, 5.74) is 3.12. The zero-order valence-corrected chi connectivity index (χ0v) is 18.8. The summed E-state index contributed by atoms with van der Waals surface area (Å²) in [6.07, 6.45) is 3.17. The molecule has 0 saturated carbocycles. The van der Waals surface area contributed by atoms with Crippen molar-refractivity contribution >= 4 is 14.1 Å². The monoisotopic (exact) mass is 408 g/mol. The summed E-state index contributed by atoms with van der Waals surface area (Å²) < 4.78 is 12.4. The quantitative estimate of drug-likeness (QED) is 0.446. The van der Waals surface area contributed by atoms with Gasteiger partial charge in [-0.1, -0.05) is 63.2 Å². The molecule has 1 aliphatic rings. The fourth-order valence-electron chi connectivity index (χ4n) is 3.95. The van der Waals surface area contributed by atoms with E-state index in [0.29, 0.717) is 19.4 Å². The van der Waals surface area contributed by atoms with Crippen molar-refractivity contribution in [3.8, 4) is 5.75 Å². The average molecular weight is 409 g/mol. The van der Waals surface area contributed by atoms with Gasteiger partial charge in [-0.2, -0.15) is 0 Å². The molecule has 154 valence electrons. The van der Waals surface area contributed by atoms with E-state index in [2.05, 4.69) is 45.0 Å². The van der Waals surface area contributed by atoms with Crippen molar-refractivity contribution in [2.75, 3.05) is 0 Å². The lowest BCUT2D eigenvalue weighted by atomic mass is 10.0. The van der Waals surface area contributed by atoms with Crippen LogP contribution in [-0.2, 0) is 22.2 Å². The molecule has 0 saturated heterocycles. The molecule has 1 atom stereocenters. The van der Waals surface area contributed by atoms with Crippen molar-refractivity contribution in [1.29, 1.82) is 0 Å². The van der Waals surface area contributed by atoms with Crippen LogP contribution in [0.2, 0.25) is 18.1 Å². The number of benzene rings is 2. The van der Waals surface area contributed by atoms with Crippen molar-refractivity contribution in [2.45, 2.75) is 64.5 Å². The Balaban J connectivity index is 1.64. The minimum absolute atomic E-state index is 0.0403. The first-order chi connectivity index (χ1) is 14.1. The molecule has 4 heteroatoms. The third kappa shape index (κ3) is 5.68. The summed E-state index contributed by atoms with van der Waals surface area (Å²) in [6, 6.07) is 21.5. The molecule has 29 heavy (non-hydrogen) atoms. The second kappa shape index (κ2) is 10.0. The van der Waals surface area contributed by atoms with Crippen LogP contribution < -0.4 is 4.74 Å². The lowest BCUT2D eigenvalue weighted by molar-refractivity contribution is -0.115. The van der Waals surface area contributed by atoms with Gasteiger partial charge in [-0.15, -0.1) is 0 Å². The van der Waals surface area contributed by atoms with E-state index in [1.54, 1.807) is 0 Å². The maximum Gasteiger partial charge on any atom is 0.192 e. The summed E-state index contributed by atoms with van der Waals surface area (Å²) in [6.45, 7) is 7.21. The van der Waals surface area contributed by atoms with Gasteiger partial charge in [-0.25, -0.2) is 0 Å². The SMILES string of the molecule is CC[Si](CC)(CC)O[C@H]1C=C(Cc2cccc(OCc3ccccc3)c2)C(=O)C1. The van der Waals surface area contributed by atoms with Crippen LogP contribution in [0.1, 0.15) is 38.3 Å². The highest BCUT2D eigenvalue weighted by molar-refractivity contribution is 6.73. The number of Topliss-reactive ketones (excluding diaryl/α,β-unsaturated/α-hetero) is 1. The Bertz CT molecular complexity index is 832. The number of rotatable bonds is 10. The average Bonchev–Trinajstić information content (AvgIpc) is 3.10. The van der Waals surface area contributed by atoms with Gasteiger partial charge in [-0.05, 0) is 53.0 Å². The molecule has 0 heterocycles. The zero-order valence-electron chi connectivity index (χ0n) is 17.8. The van der Waals surface area contributed by atoms with E-state index in [1.165, 1.54) is 0 Å². The van der Waals surface area contributed by atoms with E-state index in [0.717, 1.165) is 40.6 Å². The molecule has 0 fully saturated rings. The van der Waals surface area contributed by atoms with Crippen LogP contribution in [0.15, 0.2) is 66.2 Å². The summed E-state index contributed by atoms with van der Waals surface area (Å²) in [4.78, 5) is 12.6. The van der Waals surface area contributed by atoms with Gasteiger partial charge >= 0.3 is 0 Å². The molecule has 3 rings (SSSR count). The van der Waals surface area contributed by atoms with Gasteiger partial charge in [0.05, 0.1) is 6.10 Å². The molecule has 1 aliphatic carbocycles. The van der Waals surface area contributed by atoms with Crippen LogP contribution in [0.5, 0.6) is 5.75 Å². The van der Waals surface area contributed by atoms with Gasteiger partial charge in [-0.3, -0.25) is 4.79 Å². The largest absolute Gasteiger partial charge is 0.489 e. The number of carbonyl (C=O) groups is 1. The lowest BCUT2D eigenvalue weighted by Crippen LogP contribution is -2.39. The van der Waals surface area contributed by atoms with Crippen LogP contribution in [0, 0.1) is 0 Å². The van der Waals surface area contributed by atoms with Crippen LogP contribution in [0.3, 0.4) is 0 Å². The van der Waals surface area contributed by atoms with Crippen LogP contribution in [0.4, 0.5) is 0 Å². The Morgan fingerprint density at radius 2 is 1.62 bits per heavy atom. The van der Waals surface area contributed by atoms with Crippen LogP contribution in [0.25, 0.3) is 0 Å². The number of hydrogen-bond acceptors (Lipinski definition) is 3. The molecule has 0 unspecified atom stereocenters. The van der Waals surface area contributed by atoms with Crippen molar-refractivity contribution in [2.24, 2.45) is 0 Å². The molecule has 0 aromatic heterocycles. The summed E-state index contributed by atoms with van der Waals surface area (Å²) in [5.74, 6) is 1.05. The number of allylic oxidation sites excluding steroid dienone is 1. The van der Waals surface area contributed by atoms with Crippen LogP contribution >= 0.6 is 0 Å². The summed E-state index contributed by atoms with van der Waals surface area (Å²) >= 11 is 0. The summed E-state index contributed by atoms with van der Waals surface area (Å²) in [5, 5.41) is 0. The Labute approximate surface area is 175 Å². The third-order valence-electron chi connectivity index (χ3n) is 6.01. The third-order valence-corrected chi connectivity index (χ3v) is 10.7. The maximum absolute atomic E-state index is 12.6. The number of ketones is 1. The number of ether oxygens (including phenoxy) is 1. The van der Waals surface area contributed by atoms with Crippen LogP contribution in [-0.4, -0.2) is 20.2 Å². The van der Waals surface area contributed by atoms with Gasteiger partial charge in [0, 0.05) is 12.8 Å². The first-order valence-electron chi connectivity index (χ1n) is 10.7. The minimum Gasteiger partial charge on any atom is -0.489 e. The Hall–Kier alpha value is -2.17. The predicted octanol–water partition coefficient (Wildman–Crippen LogP) is 6.10. The van der Waals surface area contributed by atoms with E-state index >= 15 is 0 Å². The highest BCUT2D eigenvalue weighted by atomic mass is 28.4. The first kappa shape index (κ1) is 21.5. The zero-order chi connectivity index (χ0) is 20.7. The van der Waals surface area contributed by atoms with E-state index in [9.17, 15) is 4.79 Å². The molecule has 0 amide bonds. The van der Waals surface area contributed by atoms with Gasteiger partial charge in [0.15, 0.2) is 14.1 Å². The lowest BCUT2D eigenvalue weighted by Gasteiger charge is -2.30. The molecular formula is C25H32O3Si. The molecular weight excluding hydrogens is 376 g/mol. The normalized spacial score (nSPS) is 16.7. The predicted molar refractivity (Wildman–Crippen MR) is 121 cm³/mol. The fraction of sp³-hybridized carbons (Fsp3) is 0.400. The molecule has 0 aliphatic heterocycles. The van der Waals surface area contributed by atoms with E-state index in [4.69, 9.17) is 9.16 Å². The van der Waals surface area contributed by atoms with E-state index < -0.39 is 8.32 Å². The highest BCUT2D eigenvalue weighted by Gasteiger charge is 2.34. The van der Waals surface area contributed by atoms with E-state index in [1.807, 2.05) is 36.4 Å². The topological polar surface area (TPSA) is 35.5 Å². The molecule has 0 spiro atoms. The highest BCUT2D eigenvalue weighted by Crippen LogP contribution is 2.29. The van der Waals surface area contributed by atoms with Gasteiger partial charge in [0.25, 0.3) is 0 Å². The van der Waals surface area contributed by atoms with Gasteiger partial charge < -0.3 is 9.16 Å². The smallest absolute Gasteiger partial charge is 0.192 e. The molecule has 0 radical (unpaired) electrons. The van der Waals surface area contributed by atoms with Crippen molar-refractivity contribution in [3.63, 3.8) is 0 Å². The molecule has 0 bridgehead atoms. The number of hydrogen-bond donors (Lipinski definition) is 0. The van der Waals surface area contributed by atoms with Gasteiger partial charge in [0.1, 0.15) is 12.4 Å². The Morgan fingerprint density at radius 1 is 0.931 bits per heavy atom. The van der Waals surface area contributed by atoms with Gasteiger partial charge in [0.2, 0.25) is 0 Å². The minimum atomic E-state index is -1.70. The fourth-order valence-corrected chi connectivity index (χ4v) is 6.74. The van der Waals surface area contributed by atoms with Crippen molar-refractivity contribution in [3.05, 3.63) is 77.4 Å². The second-order valence-corrected chi connectivity index (χ2v) is 12.5. The van der Waals surface area contributed by atoms with Crippen molar-refractivity contribution < 1.29 is 14.0 Å². The molecule has 0 N–H and O–H groups in total. The first-order valence-corrected chi connectivity index (χ1v) is 13.3. The summed E-state index contributed by atoms with van der Waals surface area (Å²) in [7, 11) is -1.70. The second-order valence-electron chi connectivity index (χ2n) is 7.82. The molecule has 2 aromatic carbocycles. The van der Waals surface area contributed by atoms with Crippen molar-refractivity contribution in [1.82, 2.24) is 0 Å². The molecule has 2 aromatic rings. The number of carbonyl (C=O) groups excluding carboxylic acids is 1. The Kier molecular flexibility index (Phi) is 7.45. The van der Waals surface area contributed by atoms with E-state index in [-0.39, 0.29) is 11.9 Å². The molecule has 3 nitrogen and oxygen atoms in total. The maximum atomic E-state index is 12.6. The standard InChI is InChI=1S/C25H32O3Si/c1-4-29(5-2,6-3)28-24-17-22(25(26)18-24)15-21-13-10-14-23(16-21)27-19-20-11-8-7-9-12-20/h7-14,16-17,24H,4-6,15,18-19H2,1-3H3/t24-/m0/s1.